The van der Waals surface area contributed by atoms with E-state index >= 15 is 0 Å². The van der Waals surface area contributed by atoms with E-state index in [4.69, 9.17) is 5.73 Å². The zero-order valence-electron chi connectivity index (χ0n) is 9.94. The molecule has 19 heavy (non-hydrogen) atoms. The van der Waals surface area contributed by atoms with Gasteiger partial charge in [-0.3, -0.25) is 9.59 Å². The van der Waals surface area contributed by atoms with Crippen LogP contribution < -0.4 is 5.73 Å². The number of primary amides is 1. The van der Waals surface area contributed by atoms with Crippen molar-refractivity contribution in [2.24, 2.45) is 5.73 Å². The van der Waals surface area contributed by atoms with E-state index in [1.807, 2.05) is 24.3 Å². The van der Waals surface area contributed by atoms with Crippen molar-refractivity contribution >= 4 is 12.2 Å². The summed E-state index contributed by atoms with van der Waals surface area (Å²) in [5, 5.41) is 0. The lowest BCUT2D eigenvalue weighted by Gasteiger charge is -2.09. The van der Waals surface area contributed by atoms with Gasteiger partial charge in [0, 0.05) is 5.56 Å². The van der Waals surface area contributed by atoms with Crippen LogP contribution in [0.3, 0.4) is 0 Å². The first-order chi connectivity index (χ1) is 9.13. The molecule has 2 aromatic rings. The number of halogens is 1. The van der Waals surface area contributed by atoms with E-state index in [1.165, 1.54) is 0 Å². The highest BCUT2D eigenvalue weighted by molar-refractivity contribution is 6.02. The molecule has 4 heteroatoms. The molecule has 0 spiro atoms. The van der Waals surface area contributed by atoms with Gasteiger partial charge in [0.2, 0.25) is 5.91 Å². The Balaban J connectivity index is 2.41. The maximum absolute atomic E-state index is 13.9. The van der Waals surface area contributed by atoms with Crippen LogP contribution >= 0.6 is 0 Å². The quantitative estimate of drug-likeness (QED) is 0.714. The maximum atomic E-state index is 13.9. The average Bonchev–Trinajstić information content (AvgIpc) is 2.77. The molecule has 2 N–H and O–H groups in total. The predicted molar refractivity (Wildman–Crippen MR) is 68.5 cm³/mol. The maximum Gasteiger partial charge on any atom is 0.249 e. The second-order valence-electron chi connectivity index (χ2n) is 4.49. The molecule has 0 fully saturated rings. The number of hydrogen-bond donors (Lipinski definition) is 1. The molecule has 0 aliphatic heterocycles. The van der Waals surface area contributed by atoms with Crippen LogP contribution in [-0.4, -0.2) is 12.2 Å². The van der Waals surface area contributed by atoms with Gasteiger partial charge in [-0.25, -0.2) is 4.39 Å². The number of benzene rings is 2. The van der Waals surface area contributed by atoms with Gasteiger partial charge in [-0.05, 0) is 34.7 Å². The summed E-state index contributed by atoms with van der Waals surface area (Å²) in [5.74, 6) is -1.39. The smallest absolute Gasteiger partial charge is 0.249 e. The van der Waals surface area contributed by atoms with Gasteiger partial charge in [-0.15, -0.1) is 0 Å². The fourth-order valence-electron chi connectivity index (χ4n) is 2.64. The second kappa shape index (κ2) is 4.02. The van der Waals surface area contributed by atoms with E-state index in [0.717, 1.165) is 17.2 Å². The van der Waals surface area contributed by atoms with Gasteiger partial charge in [0.05, 0.1) is 5.56 Å². The summed E-state index contributed by atoms with van der Waals surface area (Å²) in [6.07, 6.45) is 0.978. The first-order valence-electron chi connectivity index (χ1n) is 5.82. The van der Waals surface area contributed by atoms with E-state index in [1.54, 1.807) is 0 Å². The van der Waals surface area contributed by atoms with Crippen molar-refractivity contribution in [2.75, 3.05) is 0 Å². The zero-order valence-corrected chi connectivity index (χ0v) is 9.94. The summed E-state index contributed by atoms with van der Waals surface area (Å²) in [5.41, 5.74) is 8.32. The molecule has 0 bridgehead atoms. The molecule has 0 saturated carbocycles. The van der Waals surface area contributed by atoms with Crippen molar-refractivity contribution in [3.8, 4) is 11.1 Å². The van der Waals surface area contributed by atoms with Crippen LogP contribution in [0.15, 0.2) is 30.3 Å². The Morgan fingerprint density at radius 2 is 2.05 bits per heavy atom. The lowest BCUT2D eigenvalue weighted by Crippen LogP contribution is -2.15. The van der Waals surface area contributed by atoms with Gasteiger partial charge in [0.15, 0.2) is 6.29 Å². The summed E-state index contributed by atoms with van der Waals surface area (Å²) in [6.45, 7) is 0. The molecule has 94 valence electrons. The number of hydrogen-bond acceptors (Lipinski definition) is 2. The first kappa shape index (κ1) is 11.6. The molecule has 0 aromatic heterocycles. The predicted octanol–water partition coefficient (Wildman–Crippen LogP) is 2.31. The van der Waals surface area contributed by atoms with E-state index in [9.17, 15) is 14.0 Å². The molecule has 2 aromatic carbocycles. The third-order valence-electron chi connectivity index (χ3n) is 3.46. The molecule has 1 aliphatic carbocycles. The minimum Gasteiger partial charge on any atom is -0.366 e. The topological polar surface area (TPSA) is 60.2 Å². The van der Waals surface area contributed by atoms with E-state index in [-0.39, 0.29) is 11.1 Å². The molecule has 0 unspecified atom stereocenters. The van der Waals surface area contributed by atoms with Crippen molar-refractivity contribution in [2.45, 2.75) is 6.42 Å². The second-order valence-corrected chi connectivity index (χ2v) is 4.49. The van der Waals surface area contributed by atoms with Crippen molar-refractivity contribution < 1.29 is 14.0 Å². The summed E-state index contributed by atoms with van der Waals surface area (Å²) >= 11 is 0. The van der Waals surface area contributed by atoms with Gasteiger partial charge >= 0.3 is 0 Å². The van der Waals surface area contributed by atoms with Crippen LogP contribution in [0.2, 0.25) is 0 Å². The Bertz CT molecular complexity index is 722. The summed E-state index contributed by atoms with van der Waals surface area (Å²) < 4.78 is 13.9. The largest absolute Gasteiger partial charge is 0.366 e. The minimum absolute atomic E-state index is 0.00931. The van der Waals surface area contributed by atoms with Gasteiger partial charge in [0.25, 0.3) is 0 Å². The Morgan fingerprint density at radius 1 is 1.32 bits per heavy atom. The lowest BCUT2D eigenvalue weighted by molar-refractivity contribution is 0.0998. The monoisotopic (exact) mass is 255 g/mol. The minimum atomic E-state index is -0.709. The van der Waals surface area contributed by atoms with Gasteiger partial charge < -0.3 is 5.73 Å². The molecular weight excluding hydrogens is 245 g/mol. The Morgan fingerprint density at radius 3 is 2.74 bits per heavy atom. The van der Waals surface area contributed by atoms with Crippen LogP contribution in [0.25, 0.3) is 11.1 Å². The number of fused-ring (bicyclic) bond motifs is 3. The molecule has 1 aliphatic rings. The zero-order chi connectivity index (χ0) is 13.6. The van der Waals surface area contributed by atoms with E-state index in [2.05, 4.69) is 0 Å². The van der Waals surface area contributed by atoms with Crippen LogP contribution in [0, 0.1) is 5.82 Å². The van der Waals surface area contributed by atoms with Crippen molar-refractivity contribution in [3.63, 3.8) is 0 Å². The summed E-state index contributed by atoms with van der Waals surface area (Å²) in [4.78, 5) is 22.6. The summed E-state index contributed by atoms with van der Waals surface area (Å²) in [7, 11) is 0. The highest BCUT2D eigenvalue weighted by atomic mass is 19.1. The molecule has 3 rings (SSSR count). The van der Waals surface area contributed by atoms with E-state index < -0.39 is 11.7 Å². The van der Waals surface area contributed by atoms with Crippen molar-refractivity contribution in [1.29, 1.82) is 0 Å². The molecule has 0 radical (unpaired) electrons. The lowest BCUT2D eigenvalue weighted by atomic mass is 9.95. The van der Waals surface area contributed by atoms with Crippen LogP contribution in [0.1, 0.15) is 31.8 Å². The Labute approximate surface area is 108 Å². The number of nitrogens with two attached hydrogens (primary N) is 1. The fourth-order valence-corrected chi connectivity index (χ4v) is 2.64. The SMILES string of the molecule is NC(=O)c1cc(F)c(C=O)c2c1Cc1ccccc1-2. The fraction of sp³-hybridized carbons (Fsp3) is 0.0667. The van der Waals surface area contributed by atoms with Crippen LogP contribution in [0.5, 0.6) is 0 Å². The third-order valence-corrected chi connectivity index (χ3v) is 3.46. The van der Waals surface area contributed by atoms with Gasteiger partial charge in [-0.1, -0.05) is 24.3 Å². The highest BCUT2D eigenvalue weighted by Gasteiger charge is 2.27. The standard InChI is InChI=1S/C15H10FNO2/c16-13-6-11(15(17)19)10-5-8-3-1-2-4-9(8)14(10)12(13)7-18/h1-4,6-7H,5H2,(H2,17,19). The van der Waals surface area contributed by atoms with Gasteiger partial charge in [0.1, 0.15) is 5.82 Å². The number of carbonyl (C=O) groups excluding carboxylic acids is 2. The molecule has 0 atom stereocenters. The number of carbonyl (C=O) groups is 2. The average molecular weight is 255 g/mol. The number of aldehydes is 1. The molecule has 0 saturated heterocycles. The molecule has 3 nitrogen and oxygen atoms in total. The van der Waals surface area contributed by atoms with Crippen LogP contribution in [0.4, 0.5) is 4.39 Å². The first-order valence-corrected chi connectivity index (χ1v) is 5.82. The highest BCUT2D eigenvalue weighted by Crippen LogP contribution is 2.41. The van der Waals surface area contributed by atoms with Crippen LogP contribution in [-0.2, 0) is 6.42 Å². The Hall–Kier alpha value is -2.49. The van der Waals surface area contributed by atoms with E-state index in [0.29, 0.717) is 23.8 Å². The normalized spacial score (nSPS) is 11.8. The number of amides is 1. The van der Waals surface area contributed by atoms with Crippen molar-refractivity contribution in [3.05, 3.63) is 58.4 Å². The van der Waals surface area contributed by atoms with Gasteiger partial charge in [-0.2, -0.15) is 0 Å². The molecule has 1 amide bonds. The Kier molecular flexibility index (Phi) is 2.45. The number of rotatable bonds is 2. The molecule has 0 heterocycles. The third kappa shape index (κ3) is 1.57. The summed E-state index contributed by atoms with van der Waals surface area (Å²) in [6, 6.07) is 8.45. The van der Waals surface area contributed by atoms with Crippen molar-refractivity contribution in [1.82, 2.24) is 0 Å². The molecular formula is C15H10FNO2.